The maximum absolute atomic E-state index is 14.1. The van der Waals surface area contributed by atoms with Crippen molar-refractivity contribution in [1.82, 2.24) is 25.4 Å². The monoisotopic (exact) mass is 1020 g/mol. The van der Waals surface area contributed by atoms with Crippen LogP contribution in [0.1, 0.15) is 119 Å². The van der Waals surface area contributed by atoms with Crippen molar-refractivity contribution in [3.8, 4) is 16.2 Å². The van der Waals surface area contributed by atoms with E-state index in [1.54, 1.807) is 34.2 Å². The number of β-amino-alcohol motifs (C(OH)–C–C–N with tert-alkyl or cyclic N) is 1. The number of carbonyl (C=O) groups is 4. The van der Waals surface area contributed by atoms with Crippen molar-refractivity contribution in [2.24, 2.45) is 26.6 Å². The summed E-state index contributed by atoms with van der Waals surface area (Å²) >= 11 is 7.89. The van der Waals surface area contributed by atoms with Gasteiger partial charge in [0.1, 0.15) is 48.5 Å². The Morgan fingerprint density at radius 1 is 1.04 bits per heavy atom. The summed E-state index contributed by atoms with van der Waals surface area (Å²) in [6.45, 7) is 26.3. The van der Waals surface area contributed by atoms with Crippen LogP contribution in [0, 0.1) is 29.7 Å². The van der Waals surface area contributed by atoms with E-state index >= 15 is 0 Å². The molecule has 1 saturated heterocycles. The van der Waals surface area contributed by atoms with E-state index < -0.39 is 35.4 Å². The number of aliphatic hydroxyl groups is 1. The molecule has 4 heterocycles. The van der Waals surface area contributed by atoms with Crippen LogP contribution in [-0.4, -0.2) is 111 Å². The third-order valence-electron chi connectivity index (χ3n) is 14.5. The van der Waals surface area contributed by atoms with Crippen LogP contribution in [0.3, 0.4) is 0 Å². The lowest BCUT2D eigenvalue weighted by molar-refractivity contribution is -0.532. The minimum atomic E-state index is -0.971. The average molecular weight is 1020 g/mol. The molecule has 1 aliphatic carbocycles. The largest absolute Gasteiger partial charge is 0.489 e. The number of carbonyl (C=O) groups excluding carboxylic acids is 4. The zero-order valence-corrected chi connectivity index (χ0v) is 44.0. The van der Waals surface area contributed by atoms with Crippen molar-refractivity contribution in [3.63, 3.8) is 0 Å². The van der Waals surface area contributed by atoms with Crippen molar-refractivity contribution < 1.29 is 38.4 Å². The van der Waals surface area contributed by atoms with Crippen LogP contribution in [0.2, 0.25) is 5.02 Å². The standard InChI is InChI=1S/C54H64ClN9O7S/c1-31(33-13-15-34(16-14-33)45-32(2)57-30-72-45)58-47(67)43-24-37(65)27-63(43)49(69)46(52(3,4)5)59-44(66)29-70-22-12-11-21-62-28-42(60-61-62)35-17-19-39-36(23-35)26-64(48(39)68)50-53(6,7)51(54(50,8)9)71-38-18-20-41(56-10)40(55)25-38/h13-20,23,25,28,30-31,37,42-43,46,50-51,65H,11-12,21-22,24,26-27,29H2,1-9H3,(H-,58,59,66,67)/p+1/t31-,37+,42?,43-,46+,50?,51?/m0/s1. The molecular formula is C54H65ClN9O7S+. The predicted octanol–water partition coefficient (Wildman–Crippen LogP) is 8.83. The summed E-state index contributed by atoms with van der Waals surface area (Å²) in [7, 11) is 0. The van der Waals surface area contributed by atoms with Crippen molar-refractivity contribution in [1.29, 1.82) is 0 Å². The summed E-state index contributed by atoms with van der Waals surface area (Å²) in [6.07, 6.45) is 2.33. The van der Waals surface area contributed by atoms with Crippen LogP contribution in [0.5, 0.6) is 5.75 Å². The molecular weight excluding hydrogens is 954 g/mol. The Bertz CT molecular complexity index is 2820. The van der Waals surface area contributed by atoms with Gasteiger partial charge in [0.2, 0.25) is 29.5 Å². The van der Waals surface area contributed by atoms with E-state index in [1.165, 1.54) is 4.90 Å². The Morgan fingerprint density at radius 3 is 2.44 bits per heavy atom. The van der Waals surface area contributed by atoms with Gasteiger partial charge in [-0.25, -0.2) is 9.83 Å². The second kappa shape index (κ2) is 20.8. The first-order valence-electron chi connectivity index (χ1n) is 24.5. The number of ether oxygens (including phenoxy) is 2. The van der Waals surface area contributed by atoms with Crippen LogP contribution in [0.25, 0.3) is 15.3 Å². The number of thiazole rings is 1. The third-order valence-corrected chi connectivity index (χ3v) is 15.8. The summed E-state index contributed by atoms with van der Waals surface area (Å²) in [6, 6.07) is 16.3. The lowest BCUT2D eigenvalue weighted by atomic mass is 9.49. The zero-order valence-electron chi connectivity index (χ0n) is 42.4. The van der Waals surface area contributed by atoms with Crippen LogP contribution in [0.4, 0.5) is 5.69 Å². The number of aliphatic hydroxyl groups excluding tert-OH is 1. The third kappa shape index (κ3) is 10.7. The highest BCUT2D eigenvalue weighted by molar-refractivity contribution is 7.13. The van der Waals surface area contributed by atoms with Gasteiger partial charge >= 0.3 is 0 Å². The maximum atomic E-state index is 14.1. The number of amides is 4. The minimum absolute atomic E-state index is 0.00352. The second-order valence-corrected chi connectivity index (χ2v) is 23.0. The molecule has 3 N–H and O–H groups in total. The van der Waals surface area contributed by atoms with Crippen LogP contribution in [-0.2, 0) is 25.7 Å². The zero-order chi connectivity index (χ0) is 51.9. The van der Waals surface area contributed by atoms with Gasteiger partial charge in [-0.3, -0.25) is 19.2 Å². The lowest BCUT2D eigenvalue weighted by Crippen LogP contribution is -2.74. The molecule has 4 amide bonds. The topological polar surface area (TPSA) is 182 Å². The van der Waals surface area contributed by atoms with Crippen molar-refractivity contribution in [2.75, 3.05) is 26.3 Å². The Labute approximate surface area is 430 Å². The number of aryl methyl sites for hydroxylation is 1. The highest BCUT2D eigenvalue weighted by Crippen LogP contribution is 2.59. The number of nitrogens with one attached hydrogen (secondary N) is 2. The number of aromatic nitrogens is 1. The number of hydrogen-bond donors (Lipinski definition) is 3. The molecule has 16 nitrogen and oxygen atoms in total. The van der Waals surface area contributed by atoms with Gasteiger partial charge in [0.15, 0.2) is 0 Å². The van der Waals surface area contributed by atoms with Crippen LogP contribution < -0.4 is 15.4 Å². The summed E-state index contributed by atoms with van der Waals surface area (Å²) in [5, 5.41) is 25.8. The highest BCUT2D eigenvalue weighted by atomic mass is 35.5. The van der Waals surface area contributed by atoms with E-state index in [-0.39, 0.29) is 66.4 Å². The van der Waals surface area contributed by atoms with Gasteiger partial charge < -0.3 is 35.0 Å². The molecule has 3 aliphatic heterocycles. The Morgan fingerprint density at radius 2 is 1.78 bits per heavy atom. The molecule has 1 unspecified atom stereocenters. The molecule has 0 bridgehead atoms. The Kier molecular flexibility index (Phi) is 15.1. The van der Waals surface area contributed by atoms with Crippen molar-refractivity contribution in [2.45, 2.75) is 131 Å². The van der Waals surface area contributed by atoms with Crippen LogP contribution >= 0.6 is 22.9 Å². The van der Waals surface area contributed by atoms with E-state index in [0.717, 1.165) is 39.2 Å². The lowest BCUT2D eigenvalue weighted by Gasteiger charge is -2.65. The van der Waals surface area contributed by atoms with Gasteiger partial charge in [-0.1, -0.05) is 96.5 Å². The summed E-state index contributed by atoms with van der Waals surface area (Å²) in [4.78, 5) is 67.2. The quantitative estimate of drug-likeness (QED) is 0.0533. The second-order valence-electron chi connectivity index (χ2n) is 21.7. The van der Waals surface area contributed by atoms with E-state index in [1.807, 2.05) is 87.6 Å². The molecule has 0 radical (unpaired) electrons. The average Bonchev–Trinajstić information content (AvgIpc) is 4.14. The SMILES string of the molecule is [C-]#[N+]c1ccc(OC2C(C)(C)C(N3Cc4cc(C5C=[N+](CCCCOCC(=O)N[C@H](C(=O)N6C[C@H](O)C[C@H]6C(=O)N[C@@H](C)c6ccc(-c7scnc7C)cc6)C(C)(C)C)N=N5)ccc4C3=O)C2(C)C)cc1Cl. The van der Waals surface area contributed by atoms with E-state index in [9.17, 15) is 24.3 Å². The summed E-state index contributed by atoms with van der Waals surface area (Å²) in [5.41, 5.74) is 6.21. The first kappa shape index (κ1) is 52.3. The smallest absolute Gasteiger partial charge is 0.254 e. The number of halogens is 1. The normalized spacial score (nSPS) is 22.7. The predicted molar refractivity (Wildman–Crippen MR) is 275 cm³/mol. The first-order chi connectivity index (χ1) is 34.1. The molecule has 4 aromatic rings. The fourth-order valence-corrected chi connectivity index (χ4v) is 12.3. The number of fused-ring (bicyclic) bond motifs is 1. The molecule has 1 aromatic heterocycles. The fourth-order valence-electron chi connectivity index (χ4n) is 11.2. The summed E-state index contributed by atoms with van der Waals surface area (Å²) < 4.78 is 14.0. The number of hydrogen-bond acceptors (Lipinski definition) is 11. The van der Waals surface area contributed by atoms with E-state index in [2.05, 4.69) is 64.6 Å². The molecule has 8 rings (SSSR count). The van der Waals surface area contributed by atoms with Gasteiger partial charge in [0.05, 0.1) is 39.8 Å². The minimum Gasteiger partial charge on any atom is -0.489 e. The number of nitrogens with zero attached hydrogens (tertiary/aromatic N) is 7. The number of likely N-dealkylation sites (tertiary alicyclic amines) is 1. The van der Waals surface area contributed by atoms with E-state index in [4.69, 9.17) is 27.6 Å². The number of benzene rings is 3. The number of rotatable bonds is 17. The molecule has 4 aliphatic rings. The van der Waals surface area contributed by atoms with Crippen LogP contribution in [0.15, 0.2) is 76.5 Å². The molecule has 380 valence electrons. The molecule has 5 atom stereocenters. The molecule has 0 spiro atoms. The van der Waals surface area contributed by atoms with E-state index in [0.29, 0.717) is 48.1 Å². The Balaban J connectivity index is 0.781. The first-order valence-corrected chi connectivity index (χ1v) is 25.8. The van der Waals surface area contributed by atoms with Gasteiger partial charge in [-0.2, -0.15) is 0 Å². The molecule has 1 saturated carbocycles. The highest BCUT2D eigenvalue weighted by Gasteiger charge is 2.67. The molecule has 2 fully saturated rings. The molecule has 18 heteroatoms. The van der Waals surface area contributed by atoms with Gasteiger partial charge in [-0.15, -0.1) is 16.0 Å². The van der Waals surface area contributed by atoms with Crippen molar-refractivity contribution in [3.05, 3.63) is 111 Å². The maximum Gasteiger partial charge on any atom is 0.254 e. The molecule has 72 heavy (non-hydrogen) atoms. The Hall–Kier alpha value is -6.06. The van der Waals surface area contributed by atoms with Gasteiger partial charge in [0, 0.05) is 59.2 Å². The number of unbranched alkanes of at least 4 members (excludes halogenated alkanes) is 1. The fraction of sp³-hybridized carbons (Fsp3) is 0.500. The summed E-state index contributed by atoms with van der Waals surface area (Å²) in [5.74, 6) is -0.678. The van der Waals surface area contributed by atoms with Crippen molar-refractivity contribution >= 4 is 58.5 Å². The van der Waals surface area contributed by atoms with Gasteiger partial charge in [-0.05, 0) is 73.1 Å². The van der Waals surface area contributed by atoms with Gasteiger partial charge in [0.25, 0.3) is 5.91 Å². The molecule has 3 aromatic carbocycles.